The third-order valence-corrected chi connectivity index (χ3v) is 7.30. The van der Waals surface area contributed by atoms with Crippen molar-refractivity contribution in [1.29, 1.82) is 0 Å². The van der Waals surface area contributed by atoms with Gasteiger partial charge in [-0.2, -0.15) is 0 Å². The Bertz CT molecular complexity index is 957. The molecule has 0 aliphatic carbocycles. The van der Waals surface area contributed by atoms with Gasteiger partial charge in [-0.25, -0.2) is 9.18 Å². The molecule has 1 N–H and O–H groups in total. The molecule has 1 saturated heterocycles. The van der Waals surface area contributed by atoms with E-state index in [1.807, 2.05) is 6.07 Å². The fraction of sp³-hybridized carbons (Fsp3) is 0.458. The number of esters is 1. The van der Waals surface area contributed by atoms with Gasteiger partial charge in [0.1, 0.15) is 0 Å². The van der Waals surface area contributed by atoms with Crippen molar-refractivity contribution in [2.75, 3.05) is 33.6 Å². The standard InChI is InChI=1S/C24H31FO6P2/c1-28-20-8-6-16(12-22(20)29-2)11-18-15-31-23(27)24(18,25)14-17-5-7-19(26)21(13-17)30-9-3-4-10-33-32/h5-8,12-13,18,26,33H,3-4,9-11,14-15,32H2,1-2H3/t18-,24-/m0/s1. The van der Waals surface area contributed by atoms with E-state index in [0.717, 1.165) is 32.8 Å². The number of alkyl halides is 1. The predicted molar refractivity (Wildman–Crippen MR) is 131 cm³/mol. The third kappa shape index (κ3) is 6.28. The van der Waals surface area contributed by atoms with Gasteiger partial charge in [0.25, 0.3) is 0 Å². The van der Waals surface area contributed by atoms with Crippen LogP contribution in [0.3, 0.4) is 0 Å². The van der Waals surface area contributed by atoms with Crippen molar-refractivity contribution in [3.8, 4) is 23.0 Å². The molecule has 1 aliphatic heterocycles. The second kappa shape index (κ2) is 11.9. The summed E-state index contributed by atoms with van der Waals surface area (Å²) < 4.78 is 37.5. The smallest absolute Gasteiger partial charge is 0.344 e. The number of hydrogen-bond acceptors (Lipinski definition) is 6. The predicted octanol–water partition coefficient (Wildman–Crippen LogP) is 4.70. The summed E-state index contributed by atoms with van der Waals surface area (Å²) in [5, 5.41) is 10.1. The molecule has 0 saturated carbocycles. The van der Waals surface area contributed by atoms with Gasteiger partial charge in [-0.05, 0) is 60.8 Å². The van der Waals surface area contributed by atoms with E-state index in [4.69, 9.17) is 18.9 Å². The van der Waals surface area contributed by atoms with Crippen LogP contribution in [0.2, 0.25) is 0 Å². The topological polar surface area (TPSA) is 74.2 Å². The number of carbonyl (C=O) groups is 1. The molecule has 0 aromatic heterocycles. The van der Waals surface area contributed by atoms with Crippen molar-refractivity contribution >= 4 is 23.2 Å². The first-order valence-electron chi connectivity index (χ1n) is 10.9. The first-order chi connectivity index (χ1) is 15.9. The van der Waals surface area contributed by atoms with Crippen LogP contribution in [-0.4, -0.2) is 50.3 Å². The summed E-state index contributed by atoms with van der Waals surface area (Å²) in [6.45, 7) is 0.471. The number of rotatable bonds is 12. The van der Waals surface area contributed by atoms with E-state index in [2.05, 4.69) is 8.93 Å². The minimum Gasteiger partial charge on any atom is -0.504 e. The number of phenolic OH excluding ortho intramolecular Hbond substituents is 1. The monoisotopic (exact) mass is 496 g/mol. The second-order valence-electron chi connectivity index (χ2n) is 8.04. The Balaban J connectivity index is 1.73. The van der Waals surface area contributed by atoms with E-state index in [-0.39, 0.29) is 18.8 Å². The van der Waals surface area contributed by atoms with Crippen molar-refractivity contribution in [1.82, 2.24) is 0 Å². The number of methoxy groups -OCH3 is 2. The number of cyclic esters (lactones) is 1. The van der Waals surface area contributed by atoms with Crippen molar-refractivity contribution < 1.29 is 33.2 Å². The van der Waals surface area contributed by atoms with Crippen LogP contribution < -0.4 is 14.2 Å². The van der Waals surface area contributed by atoms with E-state index >= 15 is 4.39 Å². The Morgan fingerprint density at radius 3 is 2.58 bits per heavy atom. The Labute approximate surface area is 198 Å². The van der Waals surface area contributed by atoms with Gasteiger partial charge in [-0.1, -0.05) is 12.1 Å². The van der Waals surface area contributed by atoms with Crippen LogP contribution in [0.15, 0.2) is 36.4 Å². The molecule has 0 radical (unpaired) electrons. The highest BCUT2D eigenvalue weighted by atomic mass is 32.0. The van der Waals surface area contributed by atoms with Crippen LogP contribution in [0.1, 0.15) is 24.0 Å². The molecule has 9 heteroatoms. The van der Waals surface area contributed by atoms with Gasteiger partial charge in [0.05, 0.1) is 27.4 Å². The van der Waals surface area contributed by atoms with Crippen molar-refractivity contribution in [2.45, 2.75) is 31.4 Å². The van der Waals surface area contributed by atoms with Gasteiger partial charge >= 0.3 is 5.97 Å². The van der Waals surface area contributed by atoms with E-state index in [1.165, 1.54) is 13.2 Å². The normalized spacial score (nSPS) is 20.2. The zero-order valence-electron chi connectivity index (χ0n) is 18.9. The molecule has 2 aromatic rings. The number of aromatic hydroxyl groups is 1. The lowest BCUT2D eigenvalue weighted by Crippen LogP contribution is -2.39. The first kappa shape index (κ1) is 25.5. The lowest BCUT2D eigenvalue weighted by Gasteiger charge is -2.23. The Morgan fingerprint density at radius 1 is 1.12 bits per heavy atom. The van der Waals surface area contributed by atoms with E-state index in [9.17, 15) is 9.90 Å². The Kier molecular flexibility index (Phi) is 9.17. The number of carbonyl (C=O) groups excluding carboxylic acids is 1. The molecule has 4 atom stereocenters. The number of hydrogen-bond donors (Lipinski definition) is 1. The zero-order valence-corrected chi connectivity index (χ0v) is 21.1. The summed E-state index contributed by atoms with van der Waals surface area (Å²) in [4.78, 5) is 12.4. The molecule has 6 nitrogen and oxygen atoms in total. The Hall–Kier alpha value is -2.10. The summed E-state index contributed by atoms with van der Waals surface area (Å²) >= 11 is 0. The molecule has 0 spiro atoms. The molecule has 0 bridgehead atoms. The molecule has 1 heterocycles. The maximum Gasteiger partial charge on any atom is 0.344 e. The first-order valence-corrected chi connectivity index (χ1v) is 13.9. The van der Waals surface area contributed by atoms with Gasteiger partial charge in [0.15, 0.2) is 23.0 Å². The average molecular weight is 496 g/mol. The van der Waals surface area contributed by atoms with Gasteiger partial charge in [-0.15, -0.1) is 17.2 Å². The van der Waals surface area contributed by atoms with Gasteiger partial charge in [-0.3, -0.25) is 0 Å². The molecule has 33 heavy (non-hydrogen) atoms. The van der Waals surface area contributed by atoms with Crippen molar-refractivity contribution in [3.05, 3.63) is 47.5 Å². The zero-order chi connectivity index (χ0) is 23.8. The molecule has 180 valence electrons. The number of benzene rings is 2. The van der Waals surface area contributed by atoms with Crippen LogP contribution in [0.5, 0.6) is 23.0 Å². The maximum absolute atomic E-state index is 16.1. The number of ether oxygens (including phenoxy) is 4. The molecule has 0 amide bonds. The average Bonchev–Trinajstić information content (AvgIpc) is 3.08. The van der Waals surface area contributed by atoms with E-state index < -0.39 is 17.6 Å². The quantitative estimate of drug-likeness (QED) is 0.261. The lowest BCUT2D eigenvalue weighted by molar-refractivity contribution is -0.148. The minimum atomic E-state index is -2.18. The number of phenols is 1. The summed E-state index contributed by atoms with van der Waals surface area (Å²) in [6, 6.07) is 10.1. The van der Waals surface area contributed by atoms with E-state index in [1.54, 1.807) is 31.4 Å². The molecular formula is C24H31FO6P2. The van der Waals surface area contributed by atoms with Gasteiger partial charge < -0.3 is 24.1 Å². The Morgan fingerprint density at radius 2 is 1.85 bits per heavy atom. The van der Waals surface area contributed by atoms with E-state index in [0.29, 0.717) is 35.8 Å². The molecule has 3 rings (SSSR count). The van der Waals surface area contributed by atoms with Gasteiger partial charge in [0.2, 0.25) is 5.67 Å². The van der Waals surface area contributed by atoms with Crippen LogP contribution in [0.4, 0.5) is 4.39 Å². The maximum atomic E-state index is 16.1. The minimum absolute atomic E-state index is 0.00148. The molecule has 1 aliphatic rings. The molecular weight excluding hydrogens is 465 g/mol. The number of unbranched alkanes of at least 4 members (excludes halogenated alkanes) is 1. The van der Waals surface area contributed by atoms with Crippen LogP contribution in [0, 0.1) is 5.92 Å². The summed E-state index contributed by atoms with van der Waals surface area (Å²) in [7, 11) is 6.64. The summed E-state index contributed by atoms with van der Waals surface area (Å²) in [6.07, 6.45) is 3.18. The van der Waals surface area contributed by atoms with Crippen LogP contribution >= 0.6 is 17.2 Å². The molecule has 2 aromatic carbocycles. The SMILES string of the molecule is COc1ccc(C[C@H]2COC(=O)[C@]2(F)Cc2ccc(O)c(OCCCCPP)c2)cc1OC. The molecule has 1 fully saturated rings. The van der Waals surface area contributed by atoms with Crippen molar-refractivity contribution in [2.24, 2.45) is 5.92 Å². The summed E-state index contributed by atoms with van der Waals surface area (Å²) in [5.41, 5.74) is -0.798. The summed E-state index contributed by atoms with van der Waals surface area (Å²) in [5.74, 6) is -0.0983. The lowest BCUT2D eigenvalue weighted by atomic mass is 9.82. The molecule has 2 unspecified atom stereocenters. The highest BCUT2D eigenvalue weighted by molar-refractivity contribution is 8.02. The highest BCUT2D eigenvalue weighted by Gasteiger charge is 2.53. The number of halogens is 1. The van der Waals surface area contributed by atoms with Gasteiger partial charge in [0, 0.05) is 12.3 Å². The fourth-order valence-electron chi connectivity index (χ4n) is 3.92. The van der Waals surface area contributed by atoms with Crippen LogP contribution in [0.25, 0.3) is 0 Å². The highest BCUT2D eigenvalue weighted by Crippen LogP contribution is 2.39. The largest absolute Gasteiger partial charge is 0.504 e. The fourth-order valence-corrected chi connectivity index (χ4v) is 4.98. The second-order valence-corrected chi connectivity index (χ2v) is 10.2. The van der Waals surface area contributed by atoms with Crippen LogP contribution in [-0.2, 0) is 22.4 Å². The third-order valence-electron chi connectivity index (χ3n) is 5.79. The van der Waals surface area contributed by atoms with Crippen molar-refractivity contribution in [3.63, 3.8) is 0 Å².